The number of hydrogen-bond acceptors (Lipinski definition) is 5. The van der Waals surface area contributed by atoms with Crippen molar-refractivity contribution in [1.29, 1.82) is 0 Å². The Labute approximate surface area is 187 Å². The van der Waals surface area contributed by atoms with Crippen LogP contribution in [0.2, 0.25) is 0 Å². The van der Waals surface area contributed by atoms with E-state index in [1.165, 1.54) is 14.2 Å². The van der Waals surface area contributed by atoms with Gasteiger partial charge < -0.3 is 24.8 Å². The third-order valence-corrected chi connectivity index (χ3v) is 4.68. The molecule has 0 aliphatic rings. The van der Waals surface area contributed by atoms with Crippen molar-refractivity contribution in [3.05, 3.63) is 78.4 Å². The van der Waals surface area contributed by atoms with Gasteiger partial charge in [-0.05, 0) is 29.8 Å². The molecule has 32 heavy (non-hydrogen) atoms. The van der Waals surface area contributed by atoms with E-state index in [1.807, 2.05) is 54.6 Å². The molecule has 0 heterocycles. The molecule has 7 heteroatoms. The molecule has 2 amide bonds. The number of methoxy groups -OCH3 is 1. The summed E-state index contributed by atoms with van der Waals surface area (Å²) in [5.74, 6) is 0.985. The molecule has 7 nitrogen and oxygen atoms in total. The number of nitrogens with one attached hydrogen (secondary N) is 2. The molecule has 0 aliphatic heterocycles. The summed E-state index contributed by atoms with van der Waals surface area (Å²) < 4.78 is 16.6. The van der Waals surface area contributed by atoms with E-state index in [9.17, 15) is 9.59 Å². The van der Waals surface area contributed by atoms with Crippen LogP contribution in [-0.2, 0) is 4.79 Å². The first kappa shape index (κ1) is 22.7. The van der Waals surface area contributed by atoms with Gasteiger partial charge in [0, 0.05) is 18.2 Å². The number of carbonyl (C=O) groups is 2. The second-order valence-electron chi connectivity index (χ2n) is 6.79. The Bertz CT molecular complexity index is 1050. The maximum atomic E-state index is 12.5. The third-order valence-electron chi connectivity index (χ3n) is 4.68. The van der Waals surface area contributed by atoms with E-state index >= 15 is 0 Å². The van der Waals surface area contributed by atoms with Crippen molar-refractivity contribution in [3.8, 4) is 28.4 Å². The van der Waals surface area contributed by atoms with Crippen LogP contribution in [0.15, 0.2) is 72.8 Å². The van der Waals surface area contributed by atoms with E-state index in [4.69, 9.17) is 14.2 Å². The fourth-order valence-electron chi connectivity index (χ4n) is 3.02. The zero-order valence-electron chi connectivity index (χ0n) is 18.1. The second-order valence-corrected chi connectivity index (χ2v) is 6.79. The Morgan fingerprint density at radius 2 is 1.59 bits per heavy atom. The van der Waals surface area contributed by atoms with Crippen molar-refractivity contribution in [2.24, 2.45) is 0 Å². The Hall–Kier alpha value is -4.00. The average molecular weight is 434 g/mol. The molecule has 0 saturated heterocycles. The van der Waals surface area contributed by atoms with Gasteiger partial charge in [-0.3, -0.25) is 9.59 Å². The molecule has 0 bridgehead atoms. The van der Waals surface area contributed by atoms with Gasteiger partial charge in [-0.25, -0.2) is 0 Å². The monoisotopic (exact) mass is 434 g/mol. The predicted octanol–water partition coefficient (Wildman–Crippen LogP) is 3.30. The minimum atomic E-state index is -0.263. The molecule has 0 saturated carbocycles. The molecule has 0 unspecified atom stereocenters. The van der Waals surface area contributed by atoms with E-state index in [0.717, 1.165) is 16.9 Å². The van der Waals surface area contributed by atoms with Crippen molar-refractivity contribution in [2.45, 2.75) is 0 Å². The summed E-state index contributed by atoms with van der Waals surface area (Å²) in [5, 5.41) is 5.31. The van der Waals surface area contributed by atoms with Crippen LogP contribution in [0.5, 0.6) is 17.2 Å². The summed E-state index contributed by atoms with van der Waals surface area (Å²) in [6.45, 7) is 0.513. The molecule has 0 spiro atoms. The molecule has 3 rings (SSSR count). The molecule has 0 aromatic heterocycles. The standard InChI is InChI=1S/C25H26N2O5/c1-26-24(28)17-32-22-13-12-19(16-23(22)30-2)25(29)27-14-15-31-21-11-7-6-10-20(21)18-8-4-3-5-9-18/h3-13,16H,14-15,17H2,1-2H3,(H,26,28)(H,27,29). The van der Waals surface area contributed by atoms with Gasteiger partial charge in [0.2, 0.25) is 0 Å². The van der Waals surface area contributed by atoms with Gasteiger partial charge in [0.1, 0.15) is 12.4 Å². The summed E-state index contributed by atoms with van der Waals surface area (Å²) in [5.41, 5.74) is 2.48. The van der Waals surface area contributed by atoms with Crippen LogP contribution in [-0.4, -0.2) is 45.7 Å². The van der Waals surface area contributed by atoms with Gasteiger partial charge in [0.25, 0.3) is 11.8 Å². The topological polar surface area (TPSA) is 85.9 Å². The molecular formula is C25H26N2O5. The summed E-state index contributed by atoms with van der Waals surface area (Å²) in [7, 11) is 3.00. The van der Waals surface area contributed by atoms with Crippen molar-refractivity contribution in [1.82, 2.24) is 10.6 Å². The number of ether oxygens (including phenoxy) is 3. The smallest absolute Gasteiger partial charge is 0.257 e. The highest BCUT2D eigenvalue weighted by Crippen LogP contribution is 2.30. The lowest BCUT2D eigenvalue weighted by Crippen LogP contribution is -2.28. The van der Waals surface area contributed by atoms with Gasteiger partial charge in [0.15, 0.2) is 18.1 Å². The number of carbonyl (C=O) groups excluding carboxylic acids is 2. The third kappa shape index (κ3) is 6.01. The zero-order chi connectivity index (χ0) is 22.8. The number of hydrogen-bond donors (Lipinski definition) is 2. The Balaban J connectivity index is 1.55. The Kier molecular flexibility index (Phi) is 8.09. The largest absolute Gasteiger partial charge is 0.493 e. The normalized spacial score (nSPS) is 10.2. The number of amides is 2. The first-order valence-electron chi connectivity index (χ1n) is 10.2. The van der Waals surface area contributed by atoms with Gasteiger partial charge in [0.05, 0.1) is 13.7 Å². The first-order chi connectivity index (χ1) is 15.6. The Morgan fingerprint density at radius 1 is 0.844 bits per heavy atom. The molecule has 0 fully saturated rings. The highest BCUT2D eigenvalue weighted by atomic mass is 16.5. The highest BCUT2D eigenvalue weighted by molar-refractivity contribution is 5.94. The van der Waals surface area contributed by atoms with Crippen LogP contribution in [0.3, 0.4) is 0 Å². The lowest BCUT2D eigenvalue weighted by molar-refractivity contribution is -0.122. The SMILES string of the molecule is CNC(=O)COc1ccc(C(=O)NCCOc2ccccc2-c2ccccc2)cc1OC. The predicted molar refractivity (Wildman–Crippen MR) is 122 cm³/mol. The summed E-state index contributed by atoms with van der Waals surface area (Å²) >= 11 is 0. The van der Waals surface area contributed by atoms with Crippen molar-refractivity contribution >= 4 is 11.8 Å². The molecule has 3 aromatic rings. The minimum absolute atomic E-state index is 0.139. The van der Waals surface area contributed by atoms with Crippen LogP contribution in [0.1, 0.15) is 10.4 Å². The molecule has 2 N–H and O–H groups in total. The summed E-state index contributed by atoms with van der Waals surface area (Å²) in [6, 6.07) is 22.6. The number of benzene rings is 3. The van der Waals surface area contributed by atoms with Crippen LogP contribution in [0.4, 0.5) is 0 Å². The molecular weight excluding hydrogens is 408 g/mol. The number of rotatable bonds is 10. The Morgan fingerprint density at radius 3 is 2.34 bits per heavy atom. The molecule has 0 aliphatic carbocycles. The lowest BCUT2D eigenvalue weighted by Gasteiger charge is -2.13. The van der Waals surface area contributed by atoms with Crippen LogP contribution >= 0.6 is 0 Å². The van der Waals surface area contributed by atoms with Crippen LogP contribution in [0, 0.1) is 0 Å². The van der Waals surface area contributed by atoms with Gasteiger partial charge in [-0.2, -0.15) is 0 Å². The van der Waals surface area contributed by atoms with Gasteiger partial charge >= 0.3 is 0 Å². The second kappa shape index (κ2) is 11.4. The lowest BCUT2D eigenvalue weighted by atomic mass is 10.1. The van der Waals surface area contributed by atoms with E-state index in [0.29, 0.717) is 30.2 Å². The van der Waals surface area contributed by atoms with E-state index in [-0.39, 0.29) is 18.4 Å². The zero-order valence-corrected chi connectivity index (χ0v) is 18.1. The molecule has 3 aromatic carbocycles. The maximum absolute atomic E-state index is 12.5. The fraction of sp³-hybridized carbons (Fsp3) is 0.200. The summed E-state index contributed by atoms with van der Waals surface area (Å²) in [4.78, 5) is 23.9. The van der Waals surface area contributed by atoms with Gasteiger partial charge in [-0.15, -0.1) is 0 Å². The fourth-order valence-corrected chi connectivity index (χ4v) is 3.02. The van der Waals surface area contributed by atoms with Crippen molar-refractivity contribution < 1.29 is 23.8 Å². The quantitative estimate of drug-likeness (QED) is 0.478. The van der Waals surface area contributed by atoms with Gasteiger partial charge in [-0.1, -0.05) is 48.5 Å². The van der Waals surface area contributed by atoms with Crippen LogP contribution < -0.4 is 24.8 Å². The molecule has 0 radical (unpaired) electrons. The maximum Gasteiger partial charge on any atom is 0.257 e. The average Bonchev–Trinajstić information content (AvgIpc) is 2.85. The van der Waals surface area contributed by atoms with Crippen LogP contribution in [0.25, 0.3) is 11.1 Å². The minimum Gasteiger partial charge on any atom is -0.493 e. The molecule has 166 valence electrons. The number of para-hydroxylation sites is 1. The van der Waals surface area contributed by atoms with E-state index in [2.05, 4.69) is 10.6 Å². The van der Waals surface area contributed by atoms with Crippen molar-refractivity contribution in [3.63, 3.8) is 0 Å². The number of likely N-dealkylation sites (N-methyl/N-ethyl adjacent to an activating group) is 1. The van der Waals surface area contributed by atoms with Crippen molar-refractivity contribution in [2.75, 3.05) is 33.9 Å². The first-order valence-corrected chi connectivity index (χ1v) is 10.2. The molecule has 0 atom stereocenters. The summed E-state index contributed by atoms with van der Waals surface area (Å²) in [6.07, 6.45) is 0. The van der Waals surface area contributed by atoms with E-state index < -0.39 is 0 Å². The van der Waals surface area contributed by atoms with E-state index in [1.54, 1.807) is 18.2 Å². The highest BCUT2D eigenvalue weighted by Gasteiger charge is 2.12.